The average molecular weight is 302 g/mol. The second-order valence-corrected chi connectivity index (χ2v) is 5.66. The third-order valence-corrected chi connectivity index (χ3v) is 4.22. The lowest BCUT2D eigenvalue weighted by Gasteiger charge is -2.03. The second kappa shape index (κ2) is 5.65. The number of fused-ring (bicyclic) bond motifs is 3. The Kier molecular flexibility index (Phi) is 3.70. The van der Waals surface area contributed by atoms with Crippen LogP contribution in [0.25, 0.3) is 15.2 Å². The summed E-state index contributed by atoms with van der Waals surface area (Å²) in [7, 11) is 0. The number of para-hydroxylation sites is 1. The van der Waals surface area contributed by atoms with Gasteiger partial charge in [-0.3, -0.25) is 9.20 Å². The van der Waals surface area contributed by atoms with Gasteiger partial charge >= 0.3 is 5.97 Å². The molecular weight excluding hydrogens is 288 g/mol. The van der Waals surface area contributed by atoms with E-state index < -0.39 is 5.97 Å². The molecule has 2 heterocycles. The Bertz CT molecular complexity index is 866. The fourth-order valence-corrected chi connectivity index (χ4v) is 3.06. The van der Waals surface area contributed by atoms with E-state index in [1.54, 1.807) is 0 Å². The van der Waals surface area contributed by atoms with Crippen molar-refractivity contribution in [1.29, 1.82) is 0 Å². The lowest BCUT2D eigenvalue weighted by molar-refractivity contribution is 0.0497. The number of benzene rings is 1. The van der Waals surface area contributed by atoms with Crippen LogP contribution in [0.5, 0.6) is 0 Å². The van der Waals surface area contributed by atoms with E-state index in [2.05, 4.69) is 4.98 Å². The molecule has 108 valence electrons. The molecule has 0 bridgehead atoms. The minimum absolute atomic E-state index is 0.0212. The van der Waals surface area contributed by atoms with Crippen LogP contribution in [0, 0.1) is 0 Å². The molecule has 6 heteroatoms. The molecule has 0 aliphatic carbocycles. The quantitative estimate of drug-likeness (QED) is 0.549. The molecule has 0 N–H and O–H groups in total. The highest BCUT2D eigenvalue weighted by atomic mass is 32.1. The molecular formula is C15H14N2O3S. The first-order chi connectivity index (χ1) is 10.2. The normalized spacial score (nSPS) is 11.1. The molecule has 2 aromatic heterocycles. The number of carbonyl (C=O) groups is 1. The summed E-state index contributed by atoms with van der Waals surface area (Å²) in [5.74, 6) is -0.606. The monoisotopic (exact) mass is 302 g/mol. The van der Waals surface area contributed by atoms with E-state index in [-0.39, 0.29) is 11.1 Å². The highest BCUT2D eigenvalue weighted by Gasteiger charge is 2.17. The maximum Gasteiger partial charge on any atom is 0.345 e. The van der Waals surface area contributed by atoms with Crippen LogP contribution >= 0.6 is 11.3 Å². The number of carbonyl (C=O) groups excluding carboxylic acids is 1. The van der Waals surface area contributed by atoms with Crippen LogP contribution < -0.4 is 5.56 Å². The summed E-state index contributed by atoms with van der Waals surface area (Å²) in [6.07, 6.45) is 3.02. The van der Waals surface area contributed by atoms with Crippen molar-refractivity contribution >= 4 is 32.5 Å². The number of thiazole rings is 1. The zero-order valence-electron chi connectivity index (χ0n) is 11.5. The largest absolute Gasteiger partial charge is 0.462 e. The molecule has 21 heavy (non-hydrogen) atoms. The highest BCUT2D eigenvalue weighted by Crippen LogP contribution is 2.23. The molecule has 0 aliphatic heterocycles. The SMILES string of the molecule is CCCCOC(=O)c1cnc2sc3ccccc3n2c1=O. The highest BCUT2D eigenvalue weighted by molar-refractivity contribution is 7.23. The van der Waals surface area contributed by atoms with Crippen molar-refractivity contribution < 1.29 is 9.53 Å². The molecule has 0 saturated heterocycles. The van der Waals surface area contributed by atoms with Crippen molar-refractivity contribution in [2.24, 2.45) is 0 Å². The Morgan fingerprint density at radius 1 is 1.38 bits per heavy atom. The number of hydrogen-bond donors (Lipinski definition) is 0. The molecule has 0 unspecified atom stereocenters. The van der Waals surface area contributed by atoms with Gasteiger partial charge in [0.05, 0.1) is 23.0 Å². The van der Waals surface area contributed by atoms with Gasteiger partial charge in [0, 0.05) is 0 Å². The smallest absolute Gasteiger partial charge is 0.345 e. The number of hydrogen-bond acceptors (Lipinski definition) is 5. The van der Waals surface area contributed by atoms with Crippen LogP contribution in [0.2, 0.25) is 0 Å². The number of unbranched alkanes of at least 4 members (excludes halogenated alkanes) is 1. The Balaban J connectivity index is 2.09. The summed E-state index contributed by atoms with van der Waals surface area (Å²) in [5, 5.41) is 0. The van der Waals surface area contributed by atoms with Crippen molar-refractivity contribution in [2.75, 3.05) is 6.61 Å². The van der Waals surface area contributed by atoms with Crippen LogP contribution in [-0.2, 0) is 4.74 Å². The van der Waals surface area contributed by atoms with E-state index in [0.29, 0.717) is 11.6 Å². The van der Waals surface area contributed by atoms with E-state index in [4.69, 9.17) is 4.74 Å². The first-order valence-electron chi connectivity index (χ1n) is 6.79. The molecule has 0 amide bonds. The second-order valence-electron chi connectivity index (χ2n) is 4.65. The van der Waals surface area contributed by atoms with Gasteiger partial charge in [-0.05, 0) is 18.6 Å². The number of aromatic nitrogens is 2. The summed E-state index contributed by atoms with van der Waals surface area (Å²) in [6.45, 7) is 2.33. The number of esters is 1. The molecule has 1 aromatic carbocycles. The predicted molar refractivity (Wildman–Crippen MR) is 82.0 cm³/mol. The van der Waals surface area contributed by atoms with E-state index in [9.17, 15) is 9.59 Å². The molecule has 0 atom stereocenters. The number of nitrogens with zero attached hydrogens (tertiary/aromatic N) is 2. The average Bonchev–Trinajstić information content (AvgIpc) is 2.87. The summed E-state index contributed by atoms with van der Waals surface area (Å²) in [4.78, 5) is 29.3. The maximum absolute atomic E-state index is 12.5. The van der Waals surface area contributed by atoms with E-state index in [1.807, 2.05) is 31.2 Å². The van der Waals surface area contributed by atoms with Gasteiger partial charge in [-0.2, -0.15) is 0 Å². The van der Waals surface area contributed by atoms with E-state index in [0.717, 1.165) is 23.1 Å². The summed E-state index contributed by atoms with van der Waals surface area (Å²) < 4.78 is 7.52. The Morgan fingerprint density at radius 2 is 2.19 bits per heavy atom. The molecule has 3 aromatic rings. The van der Waals surface area contributed by atoms with Gasteiger partial charge in [0.1, 0.15) is 5.56 Å². The van der Waals surface area contributed by atoms with E-state index in [1.165, 1.54) is 21.9 Å². The van der Waals surface area contributed by atoms with Crippen molar-refractivity contribution in [2.45, 2.75) is 19.8 Å². The zero-order chi connectivity index (χ0) is 14.8. The predicted octanol–water partition coefficient (Wildman–Crippen LogP) is 2.87. The van der Waals surface area contributed by atoms with Crippen molar-refractivity contribution in [3.8, 4) is 0 Å². The minimum atomic E-state index is -0.606. The molecule has 3 rings (SSSR count). The Hall–Kier alpha value is -2.21. The fraction of sp³-hybridized carbons (Fsp3) is 0.267. The van der Waals surface area contributed by atoms with Gasteiger partial charge in [-0.1, -0.05) is 36.8 Å². The number of ether oxygens (including phenoxy) is 1. The lowest BCUT2D eigenvalue weighted by Crippen LogP contribution is -2.23. The third kappa shape index (κ3) is 2.42. The Morgan fingerprint density at radius 3 is 3.00 bits per heavy atom. The molecule has 0 spiro atoms. The summed E-state index contributed by atoms with van der Waals surface area (Å²) in [6, 6.07) is 7.53. The molecule has 0 radical (unpaired) electrons. The van der Waals surface area contributed by atoms with Crippen LogP contribution in [-0.4, -0.2) is 22.0 Å². The topological polar surface area (TPSA) is 60.7 Å². The molecule has 0 saturated carbocycles. The van der Waals surface area contributed by atoms with Gasteiger partial charge in [-0.25, -0.2) is 9.78 Å². The molecule has 0 fully saturated rings. The van der Waals surface area contributed by atoms with Gasteiger partial charge in [0.25, 0.3) is 5.56 Å². The standard InChI is InChI=1S/C15H14N2O3S/c1-2-3-8-20-14(19)10-9-16-15-17(13(10)18)11-6-4-5-7-12(11)21-15/h4-7,9H,2-3,8H2,1H3. The van der Waals surface area contributed by atoms with Crippen LogP contribution in [0.4, 0.5) is 0 Å². The van der Waals surface area contributed by atoms with Crippen molar-refractivity contribution in [3.05, 3.63) is 46.4 Å². The Labute approximate surface area is 124 Å². The first-order valence-corrected chi connectivity index (χ1v) is 7.60. The first kappa shape index (κ1) is 13.8. The number of rotatable bonds is 4. The van der Waals surface area contributed by atoms with Gasteiger partial charge in [-0.15, -0.1) is 0 Å². The lowest BCUT2D eigenvalue weighted by atomic mass is 10.3. The zero-order valence-corrected chi connectivity index (χ0v) is 12.4. The summed E-state index contributed by atoms with van der Waals surface area (Å²) >= 11 is 1.42. The summed E-state index contributed by atoms with van der Waals surface area (Å²) in [5.41, 5.74) is 0.365. The van der Waals surface area contributed by atoms with Crippen LogP contribution in [0.3, 0.4) is 0 Å². The van der Waals surface area contributed by atoms with Crippen molar-refractivity contribution in [1.82, 2.24) is 9.38 Å². The van der Waals surface area contributed by atoms with Crippen LogP contribution in [0.15, 0.2) is 35.3 Å². The molecule has 5 nitrogen and oxygen atoms in total. The molecule has 0 aliphatic rings. The maximum atomic E-state index is 12.5. The van der Waals surface area contributed by atoms with E-state index >= 15 is 0 Å². The fourth-order valence-electron chi connectivity index (χ4n) is 2.08. The van der Waals surface area contributed by atoms with Gasteiger partial charge in [0.2, 0.25) is 0 Å². The third-order valence-electron chi connectivity index (χ3n) is 3.19. The van der Waals surface area contributed by atoms with Gasteiger partial charge in [0.15, 0.2) is 4.96 Å². The minimum Gasteiger partial charge on any atom is -0.462 e. The van der Waals surface area contributed by atoms with Crippen molar-refractivity contribution in [3.63, 3.8) is 0 Å². The van der Waals surface area contributed by atoms with Gasteiger partial charge < -0.3 is 4.74 Å². The van der Waals surface area contributed by atoms with Crippen LogP contribution in [0.1, 0.15) is 30.1 Å².